The van der Waals surface area contributed by atoms with E-state index in [-0.39, 0.29) is 0 Å². The van der Waals surface area contributed by atoms with Crippen LogP contribution in [-0.2, 0) is 19.5 Å². The standard InChI is InChI=1S/C17H21NOS/c1-12(2)15-5-3-4-14(17(15)19)10-18-8-6-13-7-9-20-16(13)11-18/h3-5,7,9,12,19H,6,8,10-11H2,1-2H3. The SMILES string of the molecule is CC(C)c1cccc(CN2CCc3ccsc3C2)c1O. The van der Waals surface area contributed by atoms with Gasteiger partial charge in [-0.25, -0.2) is 0 Å². The highest BCUT2D eigenvalue weighted by atomic mass is 32.1. The van der Waals surface area contributed by atoms with Crippen molar-refractivity contribution in [1.82, 2.24) is 4.90 Å². The molecule has 1 aliphatic rings. The van der Waals surface area contributed by atoms with Crippen LogP contribution in [0.2, 0.25) is 0 Å². The summed E-state index contributed by atoms with van der Waals surface area (Å²) in [7, 11) is 0. The summed E-state index contributed by atoms with van der Waals surface area (Å²) in [5.41, 5.74) is 3.61. The zero-order valence-corrected chi connectivity index (χ0v) is 12.9. The average Bonchev–Trinajstić information content (AvgIpc) is 2.88. The van der Waals surface area contributed by atoms with E-state index < -0.39 is 0 Å². The van der Waals surface area contributed by atoms with Gasteiger partial charge in [0.25, 0.3) is 0 Å². The highest BCUT2D eigenvalue weighted by molar-refractivity contribution is 7.10. The fraction of sp³-hybridized carbons (Fsp3) is 0.412. The maximum atomic E-state index is 10.4. The molecule has 1 aromatic heterocycles. The normalized spacial score (nSPS) is 15.6. The molecule has 3 rings (SSSR count). The second-order valence-corrected chi connectivity index (χ2v) is 6.84. The maximum absolute atomic E-state index is 10.4. The lowest BCUT2D eigenvalue weighted by molar-refractivity contribution is 0.245. The zero-order valence-electron chi connectivity index (χ0n) is 12.1. The Hall–Kier alpha value is -1.32. The Kier molecular flexibility index (Phi) is 3.81. The first-order valence-corrected chi connectivity index (χ1v) is 8.11. The highest BCUT2D eigenvalue weighted by Gasteiger charge is 2.19. The number of fused-ring (bicyclic) bond motifs is 1. The summed E-state index contributed by atoms with van der Waals surface area (Å²) in [4.78, 5) is 3.91. The minimum atomic E-state index is 0.361. The predicted octanol–water partition coefficient (Wildman–Crippen LogP) is 4.14. The fourth-order valence-corrected chi connectivity index (χ4v) is 3.84. The van der Waals surface area contributed by atoms with E-state index in [1.807, 2.05) is 23.5 Å². The van der Waals surface area contributed by atoms with Crippen LogP contribution >= 0.6 is 11.3 Å². The van der Waals surface area contributed by atoms with Crippen molar-refractivity contribution in [3.63, 3.8) is 0 Å². The van der Waals surface area contributed by atoms with Gasteiger partial charge in [-0.1, -0.05) is 32.0 Å². The summed E-state index contributed by atoms with van der Waals surface area (Å²) in [5.74, 6) is 0.847. The molecule has 0 radical (unpaired) electrons. The third-order valence-corrected chi connectivity index (χ3v) is 5.02. The lowest BCUT2D eigenvalue weighted by Crippen LogP contribution is -2.29. The topological polar surface area (TPSA) is 23.5 Å². The number of benzene rings is 1. The van der Waals surface area contributed by atoms with Crippen molar-refractivity contribution in [2.75, 3.05) is 6.54 Å². The fourth-order valence-electron chi connectivity index (χ4n) is 2.87. The number of hydrogen-bond acceptors (Lipinski definition) is 3. The Balaban J connectivity index is 1.78. The number of phenolic OH excluding ortho intramolecular Hbond substituents is 1. The molecule has 0 fully saturated rings. The number of nitrogens with zero attached hydrogens (tertiary/aromatic N) is 1. The van der Waals surface area contributed by atoms with E-state index in [9.17, 15) is 5.11 Å². The second kappa shape index (κ2) is 5.58. The lowest BCUT2D eigenvalue weighted by atomic mass is 9.98. The Morgan fingerprint density at radius 2 is 2.15 bits per heavy atom. The van der Waals surface area contributed by atoms with Crippen molar-refractivity contribution >= 4 is 11.3 Å². The Morgan fingerprint density at radius 1 is 1.30 bits per heavy atom. The molecule has 0 aliphatic carbocycles. The van der Waals surface area contributed by atoms with Crippen LogP contribution in [0.25, 0.3) is 0 Å². The Bertz CT molecular complexity index is 603. The van der Waals surface area contributed by atoms with Gasteiger partial charge in [0.15, 0.2) is 0 Å². The minimum Gasteiger partial charge on any atom is -0.507 e. The van der Waals surface area contributed by atoms with Crippen molar-refractivity contribution < 1.29 is 5.11 Å². The van der Waals surface area contributed by atoms with Crippen LogP contribution in [0, 0.1) is 0 Å². The molecule has 0 amide bonds. The monoisotopic (exact) mass is 287 g/mol. The molecule has 2 aromatic rings. The molecular formula is C17H21NOS. The number of phenols is 1. The number of aromatic hydroxyl groups is 1. The third-order valence-electron chi connectivity index (χ3n) is 4.07. The number of thiophene rings is 1. The quantitative estimate of drug-likeness (QED) is 0.917. The zero-order chi connectivity index (χ0) is 14.1. The minimum absolute atomic E-state index is 0.361. The summed E-state index contributed by atoms with van der Waals surface area (Å²) in [5, 5.41) is 12.6. The van der Waals surface area contributed by atoms with Crippen LogP contribution in [-0.4, -0.2) is 16.6 Å². The number of para-hydroxylation sites is 1. The number of rotatable bonds is 3. The lowest BCUT2D eigenvalue weighted by Gasteiger charge is -2.27. The van der Waals surface area contributed by atoms with Gasteiger partial charge >= 0.3 is 0 Å². The van der Waals surface area contributed by atoms with Gasteiger partial charge in [-0.05, 0) is 34.9 Å². The average molecular weight is 287 g/mol. The molecule has 1 N–H and O–H groups in total. The third kappa shape index (κ3) is 2.60. The number of hydrogen-bond donors (Lipinski definition) is 1. The van der Waals surface area contributed by atoms with Crippen molar-refractivity contribution in [3.8, 4) is 5.75 Å². The summed E-state index contributed by atoms with van der Waals surface area (Å²) in [6.45, 7) is 7.17. The van der Waals surface area contributed by atoms with E-state index in [1.165, 1.54) is 10.4 Å². The molecular weight excluding hydrogens is 266 g/mol. The van der Waals surface area contributed by atoms with E-state index in [0.29, 0.717) is 11.7 Å². The van der Waals surface area contributed by atoms with Crippen LogP contribution in [0.3, 0.4) is 0 Å². The van der Waals surface area contributed by atoms with Gasteiger partial charge in [0.2, 0.25) is 0 Å². The Labute approximate surface area is 124 Å². The van der Waals surface area contributed by atoms with Crippen LogP contribution in [0.5, 0.6) is 5.75 Å². The van der Waals surface area contributed by atoms with Crippen LogP contribution < -0.4 is 0 Å². The van der Waals surface area contributed by atoms with E-state index in [4.69, 9.17) is 0 Å². The largest absolute Gasteiger partial charge is 0.507 e. The highest BCUT2D eigenvalue weighted by Crippen LogP contribution is 2.31. The molecule has 0 spiro atoms. The first-order valence-electron chi connectivity index (χ1n) is 7.23. The van der Waals surface area contributed by atoms with Gasteiger partial charge in [0.1, 0.15) is 5.75 Å². The molecule has 0 unspecified atom stereocenters. The predicted molar refractivity (Wildman–Crippen MR) is 84.3 cm³/mol. The van der Waals surface area contributed by atoms with Crippen molar-refractivity contribution in [2.45, 2.75) is 39.3 Å². The first kappa shape index (κ1) is 13.7. The van der Waals surface area contributed by atoms with Crippen LogP contribution in [0.4, 0.5) is 0 Å². The molecule has 0 saturated carbocycles. The summed E-state index contributed by atoms with van der Waals surface area (Å²) in [6, 6.07) is 8.38. The summed E-state index contributed by atoms with van der Waals surface area (Å²) < 4.78 is 0. The van der Waals surface area contributed by atoms with E-state index in [0.717, 1.165) is 37.2 Å². The van der Waals surface area contributed by atoms with Crippen molar-refractivity contribution in [1.29, 1.82) is 0 Å². The maximum Gasteiger partial charge on any atom is 0.123 e. The molecule has 0 saturated heterocycles. The molecule has 0 bridgehead atoms. The Morgan fingerprint density at radius 3 is 2.95 bits per heavy atom. The molecule has 20 heavy (non-hydrogen) atoms. The van der Waals surface area contributed by atoms with Gasteiger partial charge in [-0.2, -0.15) is 0 Å². The van der Waals surface area contributed by atoms with Crippen LogP contribution in [0.1, 0.15) is 41.3 Å². The van der Waals surface area contributed by atoms with E-state index in [1.54, 1.807) is 0 Å². The van der Waals surface area contributed by atoms with Crippen molar-refractivity contribution in [2.24, 2.45) is 0 Å². The molecule has 3 heteroatoms. The molecule has 106 valence electrons. The molecule has 2 heterocycles. The molecule has 1 aromatic carbocycles. The van der Waals surface area contributed by atoms with Gasteiger partial charge < -0.3 is 5.11 Å². The molecule has 1 aliphatic heterocycles. The van der Waals surface area contributed by atoms with Crippen molar-refractivity contribution in [3.05, 3.63) is 51.2 Å². The summed E-state index contributed by atoms with van der Waals surface area (Å²) >= 11 is 1.85. The van der Waals surface area contributed by atoms with Crippen LogP contribution in [0.15, 0.2) is 29.6 Å². The van der Waals surface area contributed by atoms with E-state index in [2.05, 4.69) is 36.3 Å². The van der Waals surface area contributed by atoms with Gasteiger partial charge in [0, 0.05) is 30.1 Å². The first-order chi connectivity index (χ1) is 9.65. The van der Waals surface area contributed by atoms with Gasteiger partial charge in [-0.3, -0.25) is 4.90 Å². The summed E-state index contributed by atoms with van der Waals surface area (Å²) in [6.07, 6.45) is 1.13. The van der Waals surface area contributed by atoms with E-state index >= 15 is 0 Å². The van der Waals surface area contributed by atoms with Gasteiger partial charge in [0.05, 0.1) is 0 Å². The molecule has 2 nitrogen and oxygen atoms in total. The smallest absolute Gasteiger partial charge is 0.123 e. The van der Waals surface area contributed by atoms with Gasteiger partial charge in [-0.15, -0.1) is 11.3 Å². The molecule has 0 atom stereocenters. The second-order valence-electron chi connectivity index (χ2n) is 5.84.